The standard InChI is InChI=1S/C33H36N4O6/c1-2-42-29(38)22-43-27-17-19-37(20-18-27)33(41)28(21-23-9-5-3-6-10-23)35-31(39)26-15-13-24(14-16-26)30(34)36-32(40)25-11-7-4-8-12-25/h3-16,27-28H,2,17-22H2,1H3,(H,35,39)(H2,34,36,40). The summed E-state index contributed by atoms with van der Waals surface area (Å²) in [6, 6.07) is 23.6. The van der Waals surface area contributed by atoms with Gasteiger partial charge in [-0.25, -0.2) is 4.79 Å². The Morgan fingerprint density at radius 3 is 2.05 bits per heavy atom. The van der Waals surface area contributed by atoms with Crippen LogP contribution in [0.5, 0.6) is 0 Å². The van der Waals surface area contributed by atoms with Gasteiger partial charge in [0.1, 0.15) is 18.5 Å². The van der Waals surface area contributed by atoms with E-state index >= 15 is 0 Å². The van der Waals surface area contributed by atoms with Crippen LogP contribution in [0, 0.1) is 5.41 Å². The minimum atomic E-state index is -0.796. The predicted octanol–water partition coefficient (Wildman–Crippen LogP) is 3.35. The zero-order valence-electron chi connectivity index (χ0n) is 24.1. The molecule has 43 heavy (non-hydrogen) atoms. The van der Waals surface area contributed by atoms with E-state index in [1.165, 1.54) is 0 Å². The molecule has 1 aliphatic heterocycles. The lowest BCUT2D eigenvalue weighted by Gasteiger charge is -2.34. The number of likely N-dealkylation sites (tertiary alicyclic amines) is 1. The molecular formula is C33H36N4O6. The van der Waals surface area contributed by atoms with Crippen molar-refractivity contribution in [3.05, 3.63) is 107 Å². The molecule has 0 spiro atoms. The van der Waals surface area contributed by atoms with E-state index < -0.39 is 23.8 Å². The van der Waals surface area contributed by atoms with Crippen LogP contribution in [-0.4, -0.2) is 72.9 Å². The molecule has 1 atom stereocenters. The van der Waals surface area contributed by atoms with Gasteiger partial charge in [0, 0.05) is 36.2 Å². The number of carbonyl (C=O) groups is 4. The highest BCUT2D eigenvalue weighted by atomic mass is 16.6. The monoisotopic (exact) mass is 584 g/mol. The number of rotatable bonds is 11. The first-order valence-electron chi connectivity index (χ1n) is 14.3. The summed E-state index contributed by atoms with van der Waals surface area (Å²) < 4.78 is 10.6. The summed E-state index contributed by atoms with van der Waals surface area (Å²) in [4.78, 5) is 52.6. The number of esters is 1. The summed E-state index contributed by atoms with van der Waals surface area (Å²) in [5.74, 6) is -1.51. The molecule has 4 rings (SSSR count). The van der Waals surface area contributed by atoms with Crippen molar-refractivity contribution in [3.8, 4) is 0 Å². The van der Waals surface area contributed by atoms with Gasteiger partial charge in [0.25, 0.3) is 11.8 Å². The quantitative estimate of drug-likeness (QED) is 0.180. The average Bonchev–Trinajstić information content (AvgIpc) is 3.04. The number of nitrogens with zero attached hydrogens (tertiary/aromatic N) is 1. The third-order valence-electron chi connectivity index (χ3n) is 7.09. The van der Waals surface area contributed by atoms with Crippen LogP contribution in [0.15, 0.2) is 84.9 Å². The second kappa shape index (κ2) is 15.4. The molecule has 1 heterocycles. The number of amidine groups is 1. The first-order valence-corrected chi connectivity index (χ1v) is 14.3. The second-order valence-corrected chi connectivity index (χ2v) is 10.1. The molecule has 224 valence electrons. The van der Waals surface area contributed by atoms with E-state index in [9.17, 15) is 19.2 Å². The molecule has 0 aliphatic carbocycles. The van der Waals surface area contributed by atoms with Crippen LogP contribution in [0.1, 0.15) is 51.6 Å². The zero-order chi connectivity index (χ0) is 30.6. The van der Waals surface area contributed by atoms with Gasteiger partial charge in [0.15, 0.2) is 0 Å². The highest BCUT2D eigenvalue weighted by Gasteiger charge is 2.30. The van der Waals surface area contributed by atoms with E-state index in [2.05, 4.69) is 10.6 Å². The highest BCUT2D eigenvalue weighted by Crippen LogP contribution is 2.17. The molecule has 3 amide bonds. The van der Waals surface area contributed by atoms with Crippen molar-refractivity contribution in [2.24, 2.45) is 0 Å². The SMILES string of the molecule is CCOC(=O)COC1CCN(C(=O)C(Cc2ccccc2)NC(=O)c2ccc(C(=N)NC(=O)c3ccccc3)cc2)CC1. The second-order valence-electron chi connectivity index (χ2n) is 10.1. The molecule has 1 aliphatic rings. The molecule has 0 aromatic heterocycles. The minimum absolute atomic E-state index is 0.0902. The summed E-state index contributed by atoms with van der Waals surface area (Å²) in [6.07, 6.45) is 1.32. The van der Waals surface area contributed by atoms with E-state index in [-0.39, 0.29) is 24.5 Å². The van der Waals surface area contributed by atoms with E-state index in [1.54, 1.807) is 66.4 Å². The van der Waals surface area contributed by atoms with Gasteiger partial charge in [-0.3, -0.25) is 19.8 Å². The Morgan fingerprint density at radius 1 is 0.837 bits per heavy atom. The number of hydrogen-bond acceptors (Lipinski definition) is 7. The molecule has 10 nitrogen and oxygen atoms in total. The van der Waals surface area contributed by atoms with Crippen molar-refractivity contribution >= 4 is 29.5 Å². The summed E-state index contributed by atoms with van der Waals surface area (Å²) in [5, 5.41) is 13.7. The number of hydrogen-bond donors (Lipinski definition) is 3. The van der Waals surface area contributed by atoms with E-state index in [0.717, 1.165) is 5.56 Å². The minimum Gasteiger partial charge on any atom is -0.464 e. The van der Waals surface area contributed by atoms with Crippen LogP contribution < -0.4 is 10.6 Å². The van der Waals surface area contributed by atoms with Gasteiger partial charge in [0.05, 0.1) is 12.7 Å². The van der Waals surface area contributed by atoms with E-state index in [1.807, 2.05) is 30.3 Å². The highest BCUT2D eigenvalue weighted by molar-refractivity contribution is 6.11. The maximum atomic E-state index is 13.6. The zero-order valence-corrected chi connectivity index (χ0v) is 24.1. The van der Waals surface area contributed by atoms with Gasteiger partial charge < -0.3 is 25.0 Å². The molecule has 0 saturated carbocycles. The molecule has 3 N–H and O–H groups in total. The first kappa shape index (κ1) is 31.1. The van der Waals surface area contributed by atoms with Gasteiger partial charge in [-0.05, 0) is 49.6 Å². The van der Waals surface area contributed by atoms with Crippen LogP contribution in [0.25, 0.3) is 0 Å². The Hall–Kier alpha value is -4.83. The molecular weight excluding hydrogens is 548 g/mol. The fourth-order valence-corrected chi connectivity index (χ4v) is 4.78. The molecule has 10 heteroatoms. The van der Waals surface area contributed by atoms with Crippen molar-refractivity contribution in [1.29, 1.82) is 5.41 Å². The predicted molar refractivity (Wildman–Crippen MR) is 161 cm³/mol. The van der Waals surface area contributed by atoms with Crippen LogP contribution >= 0.6 is 0 Å². The lowest BCUT2D eigenvalue weighted by Crippen LogP contribution is -2.52. The Morgan fingerprint density at radius 2 is 1.42 bits per heavy atom. The Labute approximate surface area is 250 Å². The molecule has 0 radical (unpaired) electrons. The van der Waals surface area contributed by atoms with Crippen LogP contribution in [0.2, 0.25) is 0 Å². The molecule has 1 fully saturated rings. The van der Waals surface area contributed by atoms with Gasteiger partial charge in [-0.2, -0.15) is 0 Å². The van der Waals surface area contributed by atoms with Crippen molar-refractivity contribution in [2.45, 2.75) is 38.3 Å². The molecule has 3 aromatic rings. The lowest BCUT2D eigenvalue weighted by atomic mass is 10.0. The fraction of sp³-hybridized carbons (Fsp3) is 0.303. The van der Waals surface area contributed by atoms with Crippen molar-refractivity contribution in [3.63, 3.8) is 0 Å². The summed E-state index contributed by atoms with van der Waals surface area (Å²) in [5.41, 5.74) is 2.10. The number of nitrogens with one attached hydrogen (secondary N) is 3. The number of ether oxygens (including phenoxy) is 2. The number of benzene rings is 3. The summed E-state index contributed by atoms with van der Waals surface area (Å²) in [6.45, 7) is 2.81. The Kier molecular flexibility index (Phi) is 11.2. The summed E-state index contributed by atoms with van der Waals surface area (Å²) in [7, 11) is 0. The molecule has 1 saturated heterocycles. The lowest BCUT2D eigenvalue weighted by molar-refractivity contribution is -0.152. The van der Waals surface area contributed by atoms with Crippen LogP contribution in [0.3, 0.4) is 0 Å². The normalized spacial score (nSPS) is 13.9. The van der Waals surface area contributed by atoms with Gasteiger partial charge in [-0.15, -0.1) is 0 Å². The topological polar surface area (TPSA) is 138 Å². The average molecular weight is 585 g/mol. The molecule has 0 bridgehead atoms. The Bertz CT molecular complexity index is 1400. The summed E-state index contributed by atoms with van der Waals surface area (Å²) >= 11 is 0. The van der Waals surface area contributed by atoms with Crippen molar-refractivity contribution in [2.75, 3.05) is 26.3 Å². The van der Waals surface area contributed by atoms with Crippen LogP contribution in [0.4, 0.5) is 0 Å². The van der Waals surface area contributed by atoms with Crippen molar-refractivity contribution < 1.29 is 28.7 Å². The van der Waals surface area contributed by atoms with Gasteiger partial charge in [0.2, 0.25) is 5.91 Å². The maximum Gasteiger partial charge on any atom is 0.332 e. The van der Waals surface area contributed by atoms with E-state index in [4.69, 9.17) is 14.9 Å². The van der Waals surface area contributed by atoms with Crippen LogP contribution in [-0.2, 0) is 25.5 Å². The molecule has 3 aromatic carbocycles. The smallest absolute Gasteiger partial charge is 0.332 e. The number of piperidine rings is 1. The first-order chi connectivity index (χ1) is 20.8. The molecule has 1 unspecified atom stereocenters. The Balaban J connectivity index is 1.37. The third kappa shape index (κ3) is 9.08. The van der Waals surface area contributed by atoms with Gasteiger partial charge >= 0.3 is 5.97 Å². The number of carbonyl (C=O) groups excluding carboxylic acids is 4. The third-order valence-corrected chi connectivity index (χ3v) is 7.09. The fourth-order valence-electron chi connectivity index (χ4n) is 4.78. The van der Waals surface area contributed by atoms with Gasteiger partial charge in [-0.1, -0.05) is 60.7 Å². The van der Waals surface area contributed by atoms with Crippen molar-refractivity contribution in [1.82, 2.24) is 15.5 Å². The maximum absolute atomic E-state index is 13.6. The number of amides is 3. The van der Waals surface area contributed by atoms with E-state index in [0.29, 0.717) is 55.6 Å². The largest absolute Gasteiger partial charge is 0.464 e.